The van der Waals surface area contributed by atoms with Gasteiger partial charge in [-0.15, -0.1) is 35.2 Å². The van der Waals surface area contributed by atoms with Gasteiger partial charge in [-0.05, 0) is 136 Å². The summed E-state index contributed by atoms with van der Waals surface area (Å²) in [7, 11) is 0. The van der Waals surface area contributed by atoms with Crippen molar-refractivity contribution in [3.63, 3.8) is 0 Å². The minimum atomic E-state index is -0.417. The summed E-state index contributed by atoms with van der Waals surface area (Å²) in [6.45, 7) is 66.3. The zero-order valence-corrected chi connectivity index (χ0v) is 67.8. The van der Waals surface area contributed by atoms with Crippen LogP contribution in [0.2, 0.25) is 0 Å². The second kappa shape index (κ2) is 33.4. The molecule has 83 heavy (non-hydrogen) atoms. The first-order valence-electron chi connectivity index (χ1n) is 29.9. The van der Waals surface area contributed by atoms with Crippen molar-refractivity contribution in [3.8, 4) is 23.0 Å². The smallest absolute Gasteiger partial charge is 0.872 e. The van der Waals surface area contributed by atoms with E-state index >= 15 is 0 Å². The Bertz CT molecular complexity index is 2230. The zero-order chi connectivity index (χ0) is 62.9. The molecule has 0 saturated carbocycles. The third-order valence-electron chi connectivity index (χ3n) is 14.0. The van der Waals surface area contributed by atoms with Crippen LogP contribution in [0.15, 0.2) is 48.5 Å². The van der Waals surface area contributed by atoms with E-state index in [1.807, 2.05) is 0 Å². The predicted molar refractivity (Wildman–Crippen MR) is 332 cm³/mol. The summed E-state index contributed by atoms with van der Waals surface area (Å²) in [4.78, 5) is 4.57. The molecule has 8 nitrogen and oxygen atoms in total. The Kier molecular flexibility index (Phi) is 34.2. The summed E-state index contributed by atoms with van der Waals surface area (Å²) in [5, 5.41) is 73.6. The number of rotatable bonds is 12. The van der Waals surface area contributed by atoms with E-state index in [9.17, 15) is 30.6 Å². The Hall–Kier alpha value is -2.21. The number of hydrogen-bond donors (Lipinski definition) is 0. The Labute approximate surface area is 548 Å². The molecule has 0 atom stereocenters. The first-order valence-corrected chi connectivity index (χ1v) is 29.9. The van der Waals surface area contributed by atoms with Crippen molar-refractivity contribution in [2.75, 3.05) is 13.1 Å². The van der Waals surface area contributed by atoms with Crippen LogP contribution in [0.4, 0.5) is 0 Å². The van der Waals surface area contributed by atoms with Gasteiger partial charge in [-0.3, -0.25) is 9.80 Å². The van der Waals surface area contributed by atoms with Crippen LogP contribution in [0.25, 0.3) is 0 Å². The summed E-state index contributed by atoms with van der Waals surface area (Å²) in [6, 6.07) is 16.8. The van der Waals surface area contributed by atoms with E-state index in [1.165, 1.54) is 22.3 Å². The number of nitrogens with zero attached hydrogens (tertiary/aromatic N) is 2. The van der Waals surface area contributed by atoms with E-state index in [1.54, 1.807) is 27.7 Å². The summed E-state index contributed by atoms with van der Waals surface area (Å²) in [5.74, 6) is 0.547. The molecule has 0 heterocycles. The van der Waals surface area contributed by atoms with Crippen LogP contribution in [-0.4, -0.2) is 35.1 Å². The summed E-state index contributed by atoms with van der Waals surface area (Å²) >= 11 is 0. The Morgan fingerprint density at radius 3 is 0.554 bits per heavy atom. The standard InChI is InChI=1S/2C33H53NO2.2C3H7O.3Zn/c2*1-14-15-34(20-22-16-24(30(2,3)4)18-26(28(22)35)32(8,9)10)21-23-17-25(31(5,6)7)19-27(29(23)36)33(11,12)13;2*1-3(2)4;;;/h2*16-19,35-36H,14-15,20-21H2,1-13H3;2*3H,1-2H3;;;/q;;2*-1;3*+2/p-4. The number of hydrogen-bond acceptors (Lipinski definition) is 8. The molecule has 0 spiro atoms. The van der Waals surface area contributed by atoms with Gasteiger partial charge in [0.15, 0.2) is 0 Å². The molecule has 4 rings (SSSR count). The zero-order valence-electron chi connectivity index (χ0n) is 58.9. The van der Waals surface area contributed by atoms with E-state index in [0.29, 0.717) is 26.2 Å². The van der Waals surface area contributed by atoms with Gasteiger partial charge in [-0.2, -0.15) is 0 Å². The van der Waals surface area contributed by atoms with Crippen molar-refractivity contribution in [1.82, 2.24) is 9.80 Å². The molecular formula is C72H116N2O6Zn3. The molecule has 4 aromatic carbocycles. The number of benzene rings is 4. The molecule has 0 aliphatic heterocycles. The van der Waals surface area contributed by atoms with Crippen LogP contribution >= 0.6 is 0 Å². The third kappa shape index (κ3) is 27.8. The van der Waals surface area contributed by atoms with Crippen LogP contribution in [0.3, 0.4) is 0 Å². The third-order valence-corrected chi connectivity index (χ3v) is 14.0. The van der Waals surface area contributed by atoms with Crippen molar-refractivity contribution >= 4 is 0 Å². The average Bonchev–Trinajstić information content (AvgIpc) is 3.23. The second-order valence-electron chi connectivity index (χ2n) is 31.6. The van der Waals surface area contributed by atoms with Crippen molar-refractivity contribution in [3.05, 3.63) is 115 Å². The van der Waals surface area contributed by atoms with E-state index in [0.717, 1.165) is 70.4 Å². The van der Waals surface area contributed by atoms with Gasteiger partial charge in [0.1, 0.15) is 0 Å². The molecular weight excluding hydrogens is 1180 g/mol. The van der Waals surface area contributed by atoms with E-state index in [4.69, 9.17) is 0 Å². The first kappa shape index (κ1) is 85.0. The normalized spacial score (nSPS) is 12.6. The largest absolute Gasteiger partial charge is 2.00 e. The van der Waals surface area contributed by atoms with Crippen molar-refractivity contribution in [2.45, 2.75) is 302 Å². The van der Waals surface area contributed by atoms with Crippen LogP contribution in [0.1, 0.15) is 287 Å². The molecule has 0 radical (unpaired) electrons. The molecule has 0 fully saturated rings. The van der Waals surface area contributed by atoms with Crippen LogP contribution in [0, 0.1) is 0 Å². The molecule has 0 unspecified atom stereocenters. The van der Waals surface area contributed by atoms with Crippen molar-refractivity contribution < 1.29 is 89.1 Å². The van der Waals surface area contributed by atoms with Gasteiger partial charge < -0.3 is 30.6 Å². The Morgan fingerprint density at radius 2 is 0.446 bits per heavy atom. The fourth-order valence-corrected chi connectivity index (χ4v) is 9.21. The Morgan fingerprint density at radius 1 is 0.301 bits per heavy atom. The molecule has 0 saturated heterocycles. The van der Waals surface area contributed by atoms with Gasteiger partial charge in [0.25, 0.3) is 0 Å². The molecule has 0 N–H and O–H groups in total. The van der Waals surface area contributed by atoms with Gasteiger partial charge in [0, 0.05) is 26.2 Å². The van der Waals surface area contributed by atoms with Crippen LogP contribution in [-0.2, 0) is 128 Å². The molecule has 11 heteroatoms. The van der Waals surface area contributed by atoms with Gasteiger partial charge in [0.05, 0.1) is 0 Å². The Balaban J connectivity index is -0.00000132. The monoisotopic (exact) mass is 1300 g/mol. The van der Waals surface area contributed by atoms with Gasteiger partial charge >= 0.3 is 58.4 Å². The molecule has 0 bridgehead atoms. The first-order chi connectivity index (χ1) is 35.8. The fourth-order valence-electron chi connectivity index (χ4n) is 9.21. The van der Waals surface area contributed by atoms with E-state index < -0.39 is 12.2 Å². The van der Waals surface area contributed by atoms with E-state index in [2.05, 4.69) is 238 Å². The molecule has 4 aromatic rings. The SMILES string of the molecule is CC(C)[O-].CC(C)[O-].CCCN(Cc1cc(C(C)(C)C)cc(C(C)(C)C)c1[O-])Cc1cc(C(C)(C)C)cc(C(C)(C)C)c1[O-].CCCN(Cc1cc(C(C)(C)C)cc(C(C)(C)C)c1[O-])Cc1cc(C(C)(C)C)cc(C(C)(C)C)c1[O-].[Zn+2].[Zn+2].[Zn+2]. The maximum atomic E-state index is 13.6. The van der Waals surface area contributed by atoms with Crippen molar-refractivity contribution in [2.24, 2.45) is 0 Å². The topological polar surface area (TPSA) is 145 Å². The minimum absolute atomic E-state index is 0. The van der Waals surface area contributed by atoms with E-state index in [-0.39, 0.29) is 125 Å². The average molecular weight is 1300 g/mol. The molecule has 0 aromatic heterocycles. The molecule has 0 aliphatic carbocycles. The van der Waals surface area contributed by atoms with Gasteiger partial charge in [0.2, 0.25) is 0 Å². The van der Waals surface area contributed by atoms with Gasteiger partial charge in [-0.25, -0.2) is 0 Å². The summed E-state index contributed by atoms with van der Waals surface area (Å²) < 4.78 is 0. The fraction of sp³-hybridized carbons (Fsp3) is 0.667. The molecule has 456 valence electrons. The van der Waals surface area contributed by atoms with Crippen molar-refractivity contribution in [1.29, 1.82) is 0 Å². The van der Waals surface area contributed by atoms with Crippen LogP contribution < -0.4 is 30.6 Å². The minimum Gasteiger partial charge on any atom is -0.872 e. The molecule has 0 amide bonds. The maximum Gasteiger partial charge on any atom is 2.00 e. The predicted octanol–water partition coefficient (Wildman–Crippen LogP) is 14.4. The molecule has 0 aliphatic rings. The summed E-state index contributed by atoms with van der Waals surface area (Å²) in [5.41, 5.74) is 10.4. The quantitative estimate of drug-likeness (QED) is 0.128. The van der Waals surface area contributed by atoms with Crippen LogP contribution in [0.5, 0.6) is 23.0 Å². The van der Waals surface area contributed by atoms with Gasteiger partial charge in [-0.1, -0.05) is 256 Å². The maximum absolute atomic E-state index is 13.6. The second-order valence-corrected chi connectivity index (χ2v) is 31.6. The summed E-state index contributed by atoms with van der Waals surface area (Å²) in [6.07, 6.45) is 1.08.